The van der Waals surface area contributed by atoms with Crippen molar-refractivity contribution in [3.63, 3.8) is 0 Å². The SMILES string of the molecule is O=C(CCC1CCCCC1)N[C@H](CO)CC1CCC(O)CC1. The van der Waals surface area contributed by atoms with E-state index in [9.17, 15) is 15.0 Å². The molecule has 2 aliphatic carbocycles. The lowest BCUT2D eigenvalue weighted by molar-refractivity contribution is -0.122. The van der Waals surface area contributed by atoms with E-state index in [4.69, 9.17) is 0 Å². The van der Waals surface area contributed by atoms with Gasteiger partial charge >= 0.3 is 0 Å². The van der Waals surface area contributed by atoms with Gasteiger partial charge in [-0.1, -0.05) is 32.1 Å². The second-order valence-electron chi connectivity index (χ2n) is 7.40. The second-order valence-corrected chi connectivity index (χ2v) is 7.40. The molecular weight excluding hydrogens is 278 g/mol. The van der Waals surface area contributed by atoms with Crippen LogP contribution in [0.25, 0.3) is 0 Å². The van der Waals surface area contributed by atoms with E-state index in [1.807, 2.05) is 0 Å². The van der Waals surface area contributed by atoms with Gasteiger partial charge in [0.1, 0.15) is 0 Å². The van der Waals surface area contributed by atoms with Crippen molar-refractivity contribution >= 4 is 5.91 Å². The molecule has 128 valence electrons. The zero-order valence-electron chi connectivity index (χ0n) is 13.8. The van der Waals surface area contributed by atoms with Gasteiger partial charge in [-0.05, 0) is 50.4 Å². The van der Waals surface area contributed by atoms with Crippen LogP contribution in [-0.2, 0) is 4.79 Å². The lowest BCUT2D eigenvalue weighted by atomic mass is 9.83. The fourth-order valence-electron chi connectivity index (χ4n) is 4.07. The Morgan fingerprint density at radius 2 is 1.68 bits per heavy atom. The quantitative estimate of drug-likeness (QED) is 0.677. The Morgan fingerprint density at radius 3 is 2.32 bits per heavy atom. The fourth-order valence-corrected chi connectivity index (χ4v) is 4.07. The van der Waals surface area contributed by atoms with Crippen molar-refractivity contribution in [3.05, 3.63) is 0 Å². The fraction of sp³-hybridized carbons (Fsp3) is 0.944. The maximum atomic E-state index is 12.1. The first-order valence-electron chi connectivity index (χ1n) is 9.25. The van der Waals surface area contributed by atoms with Gasteiger partial charge in [-0.15, -0.1) is 0 Å². The minimum Gasteiger partial charge on any atom is -0.394 e. The van der Waals surface area contributed by atoms with E-state index in [0.29, 0.717) is 12.3 Å². The summed E-state index contributed by atoms with van der Waals surface area (Å²) >= 11 is 0. The molecule has 0 aromatic heterocycles. The van der Waals surface area contributed by atoms with Crippen LogP contribution in [0, 0.1) is 11.8 Å². The number of hydrogen-bond acceptors (Lipinski definition) is 3. The van der Waals surface area contributed by atoms with Gasteiger partial charge in [-0.2, -0.15) is 0 Å². The summed E-state index contributed by atoms with van der Waals surface area (Å²) < 4.78 is 0. The number of aliphatic hydroxyl groups is 2. The van der Waals surface area contributed by atoms with E-state index in [0.717, 1.165) is 44.4 Å². The van der Waals surface area contributed by atoms with Crippen LogP contribution in [0.1, 0.15) is 77.0 Å². The Balaban J connectivity index is 1.64. The highest BCUT2D eigenvalue weighted by molar-refractivity contribution is 5.76. The average Bonchev–Trinajstić information content (AvgIpc) is 2.55. The van der Waals surface area contributed by atoms with E-state index in [2.05, 4.69) is 5.32 Å². The van der Waals surface area contributed by atoms with Crippen LogP contribution in [0.5, 0.6) is 0 Å². The summed E-state index contributed by atoms with van der Waals surface area (Å²) in [6, 6.07) is -0.112. The molecule has 22 heavy (non-hydrogen) atoms. The molecule has 2 rings (SSSR count). The van der Waals surface area contributed by atoms with Crippen molar-refractivity contribution in [1.29, 1.82) is 0 Å². The largest absolute Gasteiger partial charge is 0.394 e. The van der Waals surface area contributed by atoms with E-state index < -0.39 is 0 Å². The van der Waals surface area contributed by atoms with Crippen LogP contribution in [0.4, 0.5) is 0 Å². The number of carbonyl (C=O) groups is 1. The molecule has 4 heteroatoms. The summed E-state index contributed by atoms with van der Waals surface area (Å²) in [7, 11) is 0. The number of aliphatic hydroxyl groups excluding tert-OH is 2. The van der Waals surface area contributed by atoms with Crippen LogP contribution in [0.2, 0.25) is 0 Å². The molecule has 0 unspecified atom stereocenters. The monoisotopic (exact) mass is 311 g/mol. The summed E-state index contributed by atoms with van der Waals surface area (Å²) in [5.74, 6) is 1.35. The molecule has 2 fully saturated rings. The number of carbonyl (C=O) groups excluding carboxylic acids is 1. The van der Waals surface area contributed by atoms with Crippen molar-refractivity contribution in [3.8, 4) is 0 Å². The van der Waals surface area contributed by atoms with Gasteiger partial charge in [0.2, 0.25) is 5.91 Å². The lowest BCUT2D eigenvalue weighted by Gasteiger charge is -2.28. The molecule has 1 atom stereocenters. The molecule has 4 nitrogen and oxygen atoms in total. The minimum atomic E-state index is -0.145. The van der Waals surface area contributed by atoms with Crippen molar-refractivity contribution in [2.24, 2.45) is 11.8 Å². The van der Waals surface area contributed by atoms with E-state index in [1.54, 1.807) is 0 Å². The lowest BCUT2D eigenvalue weighted by Crippen LogP contribution is -2.39. The molecule has 0 spiro atoms. The van der Waals surface area contributed by atoms with Crippen molar-refractivity contribution in [2.45, 2.75) is 89.2 Å². The molecule has 0 aromatic rings. The molecule has 3 N–H and O–H groups in total. The van der Waals surface area contributed by atoms with Crippen LogP contribution >= 0.6 is 0 Å². The highest BCUT2D eigenvalue weighted by Crippen LogP contribution is 2.28. The van der Waals surface area contributed by atoms with Crippen molar-refractivity contribution < 1.29 is 15.0 Å². The van der Waals surface area contributed by atoms with Gasteiger partial charge in [0.25, 0.3) is 0 Å². The second kappa shape index (κ2) is 9.51. The molecule has 2 saturated carbocycles. The number of hydrogen-bond donors (Lipinski definition) is 3. The molecule has 0 aromatic carbocycles. The third-order valence-corrected chi connectivity index (χ3v) is 5.52. The summed E-state index contributed by atoms with van der Waals surface area (Å²) in [4.78, 5) is 12.1. The number of rotatable bonds is 7. The van der Waals surface area contributed by atoms with Gasteiger partial charge in [0.05, 0.1) is 18.8 Å². The van der Waals surface area contributed by atoms with Gasteiger partial charge < -0.3 is 15.5 Å². The van der Waals surface area contributed by atoms with Gasteiger partial charge in [-0.25, -0.2) is 0 Å². The van der Waals surface area contributed by atoms with E-state index in [-0.39, 0.29) is 24.7 Å². The highest BCUT2D eigenvalue weighted by Gasteiger charge is 2.23. The zero-order chi connectivity index (χ0) is 15.8. The van der Waals surface area contributed by atoms with Gasteiger partial charge in [-0.3, -0.25) is 4.79 Å². The topological polar surface area (TPSA) is 69.6 Å². The Hall–Kier alpha value is -0.610. The normalized spacial score (nSPS) is 28.3. The zero-order valence-corrected chi connectivity index (χ0v) is 13.8. The van der Waals surface area contributed by atoms with Gasteiger partial charge in [0, 0.05) is 6.42 Å². The minimum absolute atomic E-state index is 0.0220. The van der Waals surface area contributed by atoms with E-state index in [1.165, 1.54) is 32.1 Å². The summed E-state index contributed by atoms with van der Waals surface area (Å²) in [6.07, 6.45) is 12.6. The summed E-state index contributed by atoms with van der Waals surface area (Å²) in [6.45, 7) is 0.0220. The summed E-state index contributed by atoms with van der Waals surface area (Å²) in [5.41, 5.74) is 0. The van der Waals surface area contributed by atoms with Crippen molar-refractivity contribution in [1.82, 2.24) is 5.32 Å². The molecule has 0 heterocycles. The molecule has 2 aliphatic rings. The smallest absolute Gasteiger partial charge is 0.220 e. The summed E-state index contributed by atoms with van der Waals surface area (Å²) in [5, 5.41) is 22.1. The number of amides is 1. The van der Waals surface area contributed by atoms with Crippen LogP contribution in [-0.4, -0.2) is 34.9 Å². The maximum absolute atomic E-state index is 12.1. The van der Waals surface area contributed by atoms with Crippen LogP contribution in [0.3, 0.4) is 0 Å². The molecule has 0 saturated heterocycles. The molecule has 0 aliphatic heterocycles. The standard InChI is InChI=1S/C18H33NO3/c20-13-16(12-15-6-9-17(21)10-7-15)19-18(22)11-8-14-4-2-1-3-5-14/h14-17,20-21H,1-13H2,(H,19,22)/t15?,16-,17?/m0/s1. The van der Waals surface area contributed by atoms with E-state index >= 15 is 0 Å². The molecule has 1 amide bonds. The maximum Gasteiger partial charge on any atom is 0.220 e. The first-order valence-corrected chi connectivity index (χ1v) is 9.25. The molecular formula is C18H33NO3. The predicted octanol–water partition coefficient (Wildman–Crippen LogP) is 2.77. The van der Waals surface area contributed by atoms with Crippen LogP contribution in [0.15, 0.2) is 0 Å². The third-order valence-electron chi connectivity index (χ3n) is 5.52. The van der Waals surface area contributed by atoms with Gasteiger partial charge in [0.15, 0.2) is 0 Å². The third kappa shape index (κ3) is 6.25. The van der Waals surface area contributed by atoms with Crippen molar-refractivity contribution in [2.75, 3.05) is 6.61 Å². The average molecular weight is 311 g/mol. The Morgan fingerprint density at radius 1 is 1.00 bits per heavy atom. The predicted molar refractivity (Wildman–Crippen MR) is 87.4 cm³/mol. The molecule has 0 radical (unpaired) electrons. The molecule has 0 bridgehead atoms. The highest BCUT2D eigenvalue weighted by atomic mass is 16.3. The Labute approximate surface area is 134 Å². The first kappa shape index (κ1) is 17.7. The Kier molecular flexibility index (Phi) is 7.67. The Bertz CT molecular complexity index is 320. The number of nitrogens with one attached hydrogen (secondary N) is 1. The first-order chi connectivity index (χ1) is 10.7. The van der Waals surface area contributed by atoms with Crippen LogP contribution < -0.4 is 5.32 Å².